The van der Waals surface area contributed by atoms with Gasteiger partial charge >= 0.3 is 0 Å². The Labute approximate surface area is 116 Å². The third-order valence-electron chi connectivity index (χ3n) is 3.37. The fourth-order valence-corrected chi connectivity index (χ4v) is 2.32. The molecule has 2 aromatic rings. The fraction of sp³-hybridized carbons (Fsp3) is 0.286. The first-order chi connectivity index (χ1) is 9.49. The van der Waals surface area contributed by atoms with Gasteiger partial charge in [-0.15, -0.1) is 0 Å². The Hall–Kier alpha value is -2.37. The maximum Gasteiger partial charge on any atom is 0.170 e. The van der Waals surface area contributed by atoms with E-state index in [-0.39, 0.29) is 5.84 Å². The molecule has 0 bridgehead atoms. The molecule has 0 aliphatic carbocycles. The molecule has 0 unspecified atom stereocenters. The Morgan fingerprint density at radius 1 is 1.45 bits per heavy atom. The van der Waals surface area contributed by atoms with Gasteiger partial charge in [0.25, 0.3) is 0 Å². The number of hydrogen-bond donors (Lipinski definition) is 2. The minimum atomic E-state index is -0.470. The van der Waals surface area contributed by atoms with E-state index >= 15 is 0 Å². The monoisotopic (exact) mass is 276 g/mol. The van der Waals surface area contributed by atoms with Crippen molar-refractivity contribution < 1.29 is 9.60 Å². The first-order valence-electron chi connectivity index (χ1n) is 6.32. The van der Waals surface area contributed by atoms with E-state index in [2.05, 4.69) is 10.3 Å². The highest BCUT2D eigenvalue weighted by molar-refractivity contribution is 5.97. The predicted molar refractivity (Wildman–Crippen MR) is 74.9 cm³/mol. The molecule has 0 aliphatic rings. The highest BCUT2D eigenvalue weighted by Crippen LogP contribution is 2.21. The van der Waals surface area contributed by atoms with E-state index in [0.29, 0.717) is 11.3 Å². The van der Waals surface area contributed by atoms with E-state index in [1.807, 2.05) is 20.8 Å². The number of benzene rings is 1. The molecule has 3 N–H and O–H groups in total. The van der Waals surface area contributed by atoms with Crippen LogP contribution < -0.4 is 5.73 Å². The number of amidine groups is 1. The van der Waals surface area contributed by atoms with Crippen LogP contribution in [0.15, 0.2) is 23.4 Å². The number of nitrogens with zero attached hydrogens (tertiary/aromatic N) is 3. The number of oxime groups is 1. The van der Waals surface area contributed by atoms with Crippen molar-refractivity contribution in [2.24, 2.45) is 10.9 Å². The molecule has 0 saturated carbocycles. The molecule has 0 amide bonds. The maximum atomic E-state index is 14.2. The summed E-state index contributed by atoms with van der Waals surface area (Å²) in [5.74, 6) is -0.597. The second-order valence-electron chi connectivity index (χ2n) is 4.57. The van der Waals surface area contributed by atoms with Crippen molar-refractivity contribution in [3.05, 3.63) is 46.5 Å². The van der Waals surface area contributed by atoms with Crippen molar-refractivity contribution in [3.63, 3.8) is 0 Å². The second kappa shape index (κ2) is 5.32. The Morgan fingerprint density at radius 3 is 2.65 bits per heavy atom. The van der Waals surface area contributed by atoms with Gasteiger partial charge < -0.3 is 10.9 Å². The summed E-state index contributed by atoms with van der Waals surface area (Å²) in [6.07, 6.45) is 0.849. The second-order valence-corrected chi connectivity index (χ2v) is 4.57. The molecule has 1 aromatic carbocycles. The Morgan fingerprint density at radius 2 is 2.15 bits per heavy atom. The van der Waals surface area contributed by atoms with Crippen molar-refractivity contribution >= 4 is 5.84 Å². The lowest BCUT2D eigenvalue weighted by Crippen LogP contribution is -2.14. The first kappa shape index (κ1) is 14.0. The fourth-order valence-electron chi connectivity index (χ4n) is 2.32. The van der Waals surface area contributed by atoms with Crippen LogP contribution in [0.3, 0.4) is 0 Å². The minimum Gasteiger partial charge on any atom is -0.409 e. The molecule has 0 spiro atoms. The summed E-state index contributed by atoms with van der Waals surface area (Å²) < 4.78 is 15.8. The third-order valence-corrected chi connectivity index (χ3v) is 3.37. The van der Waals surface area contributed by atoms with Crippen LogP contribution in [0.2, 0.25) is 0 Å². The van der Waals surface area contributed by atoms with Crippen LogP contribution in [0.1, 0.15) is 29.4 Å². The molecule has 2 rings (SSSR count). The van der Waals surface area contributed by atoms with E-state index in [0.717, 1.165) is 23.4 Å². The number of nitrogens with two attached hydrogens (primary N) is 1. The van der Waals surface area contributed by atoms with Gasteiger partial charge in [-0.3, -0.25) is 0 Å². The van der Waals surface area contributed by atoms with Gasteiger partial charge in [-0.2, -0.15) is 5.10 Å². The van der Waals surface area contributed by atoms with E-state index in [4.69, 9.17) is 10.9 Å². The lowest BCUT2D eigenvalue weighted by molar-refractivity contribution is 0.318. The summed E-state index contributed by atoms with van der Waals surface area (Å²) in [5, 5.41) is 15.8. The molecule has 0 radical (unpaired) electrons. The van der Waals surface area contributed by atoms with Crippen LogP contribution in [0, 0.1) is 19.7 Å². The SMILES string of the molecule is CCc1c(C)nn(-c2ccc(C(N)=NO)cc2F)c1C. The summed E-state index contributed by atoms with van der Waals surface area (Å²) in [4.78, 5) is 0. The van der Waals surface area contributed by atoms with Gasteiger partial charge in [0.1, 0.15) is 11.5 Å². The van der Waals surface area contributed by atoms with Gasteiger partial charge in [0.05, 0.1) is 5.69 Å². The molecule has 1 heterocycles. The normalized spacial score (nSPS) is 11.9. The molecular weight excluding hydrogens is 259 g/mol. The number of aromatic nitrogens is 2. The number of aryl methyl sites for hydroxylation is 1. The molecule has 0 fully saturated rings. The molecule has 5 nitrogen and oxygen atoms in total. The third kappa shape index (κ3) is 2.24. The smallest absolute Gasteiger partial charge is 0.170 e. The van der Waals surface area contributed by atoms with E-state index in [9.17, 15) is 4.39 Å². The van der Waals surface area contributed by atoms with Crippen LogP contribution in [0.4, 0.5) is 4.39 Å². The van der Waals surface area contributed by atoms with Gasteiger partial charge in [0.15, 0.2) is 5.84 Å². The number of hydrogen-bond acceptors (Lipinski definition) is 3. The zero-order chi connectivity index (χ0) is 14.9. The van der Waals surface area contributed by atoms with Crippen molar-refractivity contribution in [1.29, 1.82) is 0 Å². The van der Waals surface area contributed by atoms with E-state index < -0.39 is 5.82 Å². The average molecular weight is 276 g/mol. The summed E-state index contributed by atoms with van der Waals surface area (Å²) in [7, 11) is 0. The van der Waals surface area contributed by atoms with Gasteiger partial charge in [-0.25, -0.2) is 9.07 Å². The Balaban J connectivity index is 2.54. The van der Waals surface area contributed by atoms with Crippen molar-refractivity contribution in [2.45, 2.75) is 27.2 Å². The van der Waals surface area contributed by atoms with Crippen molar-refractivity contribution in [2.75, 3.05) is 0 Å². The zero-order valence-corrected chi connectivity index (χ0v) is 11.7. The predicted octanol–water partition coefficient (Wildman–Crippen LogP) is 2.29. The molecule has 6 heteroatoms. The average Bonchev–Trinajstić information content (AvgIpc) is 2.72. The lowest BCUT2D eigenvalue weighted by Gasteiger charge is -2.08. The highest BCUT2D eigenvalue weighted by Gasteiger charge is 2.15. The van der Waals surface area contributed by atoms with Crippen LogP contribution >= 0.6 is 0 Å². The van der Waals surface area contributed by atoms with Gasteiger partial charge in [-0.05, 0) is 44.0 Å². The summed E-state index contributed by atoms with van der Waals surface area (Å²) in [6.45, 7) is 5.86. The highest BCUT2D eigenvalue weighted by atomic mass is 19.1. The topological polar surface area (TPSA) is 76.4 Å². The molecule has 0 atom stereocenters. The molecular formula is C14H17FN4O. The van der Waals surface area contributed by atoms with Gasteiger partial charge in [-0.1, -0.05) is 12.1 Å². The first-order valence-corrected chi connectivity index (χ1v) is 6.32. The van der Waals surface area contributed by atoms with Crippen molar-refractivity contribution in [1.82, 2.24) is 9.78 Å². The van der Waals surface area contributed by atoms with Crippen LogP contribution in [0.25, 0.3) is 5.69 Å². The lowest BCUT2D eigenvalue weighted by atomic mass is 10.1. The largest absolute Gasteiger partial charge is 0.409 e. The Bertz CT molecular complexity index is 676. The minimum absolute atomic E-state index is 0.127. The van der Waals surface area contributed by atoms with Crippen molar-refractivity contribution in [3.8, 4) is 5.69 Å². The maximum absolute atomic E-state index is 14.2. The standard InChI is InChI=1S/C14H17FN4O/c1-4-11-8(2)17-19(9(11)3)13-6-5-10(7-12(13)15)14(16)18-20/h5-7,20H,4H2,1-3H3,(H2,16,18). The van der Waals surface area contributed by atoms with Gasteiger partial charge in [0, 0.05) is 11.3 Å². The molecule has 106 valence electrons. The summed E-state index contributed by atoms with van der Waals surface area (Å²) >= 11 is 0. The van der Waals surface area contributed by atoms with Crippen LogP contribution in [-0.4, -0.2) is 20.8 Å². The summed E-state index contributed by atoms with van der Waals surface area (Å²) in [6, 6.07) is 4.39. The van der Waals surface area contributed by atoms with E-state index in [1.165, 1.54) is 6.07 Å². The number of rotatable bonds is 3. The van der Waals surface area contributed by atoms with E-state index in [1.54, 1.807) is 16.8 Å². The molecule has 20 heavy (non-hydrogen) atoms. The number of halogens is 1. The Kier molecular flexibility index (Phi) is 3.74. The van der Waals surface area contributed by atoms with Gasteiger partial charge in [0.2, 0.25) is 0 Å². The zero-order valence-electron chi connectivity index (χ0n) is 11.7. The quantitative estimate of drug-likeness (QED) is 0.391. The summed E-state index contributed by atoms with van der Waals surface area (Å²) in [5.41, 5.74) is 9.04. The molecule has 1 aromatic heterocycles. The molecule has 0 saturated heterocycles. The molecule has 0 aliphatic heterocycles. The van der Waals surface area contributed by atoms with Crippen LogP contribution in [-0.2, 0) is 6.42 Å². The van der Waals surface area contributed by atoms with Crippen LogP contribution in [0.5, 0.6) is 0 Å².